The first kappa shape index (κ1) is 21.3. The van der Waals surface area contributed by atoms with Gasteiger partial charge in [-0.05, 0) is 30.9 Å². The molecule has 2 aliphatic rings. The van der Waals surface area contributed by atoms with Crippen LogP contribution in [0.1, 0.15) is 43.5 Å². The second kappa shape index (κ2) is 9.87. The summed E-state index contributed by atoms with van der Waals surface area (Å²) >= 11 is 0. The van der Waals surface area contributed by atoms with Crippen molar-refractivity contribution in [1.29, 1.82) is 0 Å². The summed E-state index contributed by atoms with van der Waals surface area (Å²) in [4.78, 5) is 41.6. The SMILES string of the molecule is CCC(C)C(NC(=O)c1ccccc1)C(=O)N1CCN(CC(=O)NC2CC2)CC1. The number of nitrogens with zero attached hydrogens (tertiary/aromatic N) is 2. The van der Waals surface area contributed by atoms with Crippen molar-refractivity contribution >= 4 is 17.7 Å². The molecule has 2 N–H and O–H groups in total. The van der Waals surface area contributed by atoms with E-state index in [1.54, 1.807) is 12.1 Å². The summed E-state index contributed by atoms with van der Waals surface area (Å²) in [6.45, 7) is 6.89. The molecule has 3 amide bonds. The fourth-order valence-corrected chi connectivity index (χ4v) is 3.52. The molecule has 0 radical (unpaired) electrons. The largest absolute Gasteiger partial charge is 0.352 e. The summed E-state index contributed by atoms with van der Waals surface area (Å²) in [5.41, 5.74) is 0.556. The van der Waals surface area contributed by atoms with E-state index in [9.17, 15) is 14.4 Å². The van der Waals surface area contributed by atoms with Crippen molar-refractivity contribution in [2.45, 2.75) is 45.2 Å². The van der Waals surface area contributed by atoms with Crippen molar-refractivity contribution in [1.82, 2.24) is 20.4 Å². The van der Waals surface area contributed by atoms with Crippen LogP contribution in [-0.4, -0.2) is 72.3 Å². The van der Waals surface area contributed by atoms with Crippen molar-refractivity contribution in [3.8, 4) is 0 Å². The Balaban J connectivity index is 1.54. The number of hydrogen-bond donors (Lipinski definition) is 2. The van der Waals surface area contributed by atoms with Gasteiger partial charge in [0, 0.05) is 37.8 Å². The zero-order valence-electron chi connectivity index (χ0n) is 17.4. The van der Waals surface area contributed by atoms with Gasteiger partial charge in [-0.1, -0.05) is 38.5 Å². The number of carbonyl (C=O) groups excluding carboxylic acids is 3. The minimum absolute atomic E-state index is 0.0364. The Bertz CT molecular complexity index is 712. The highest BCUT2D eigenvalue weighted by Gasteiger charge is 2.32. The molecule has 0 bridgehead atoms. The van der Waals surface area contributed by atoms with Crippen LogP contribution in [0.2, 0.25) is 0 Å². The van der Waals surface area contributed by atoms with Crippen molar-refractivity contribution in [3.05, 3.63) is 35.9 Å². The summed E-state index contributed by atoms with van der Waals surface area (Å²) in [6, 6.07) is 8.81. The quantitative estimate of drug-likeness (QED) is 0.688. The Morgan fingerprint density at radius 3 is 2.31 bits per heavy atom. The van der Waals surface area contributed by atoms with E-state index in [2.05, 4.69) is 15.5 Å². The van der Waals surface area contributed by atoms with Gasteiger partial charge in [-0.15, -0.1) is 0 Å². The standard InChI is InChI=1S/C22H32N4O3/c1-3-16(2)20(24-21(28)17-7-5-4-6-8-17)22(29)26-13-11-25(12-14-26)15-19(27)23-18-9-10-18/h4-8,16,18,20H,3,9-15H2,1-2H3,(H,23,27)(H,24,28). The van der Waals surface area contributed by atoms with Gasteiger partial charge in [0.15, 0.2) is 0 Å². The van der Waals surface area contributed by atoms with Crippen molar-refractivity contribution in [2.24, 2.45) is 5.92 Å². The highest BCUT2D eigenvalue weighted by molar-refractivity contribution is 5.97. The number of hydrogen-bond acceptors (Lipinski definition) is 4. The first-order valence-electron chi connectivity index (χ1n) is 10.6. The monoisotopic (exact) mass is 400 g/mol. The molecule has 2 unspecified atom stereocenters. The lowest BCUT2D eigenvalue weighted by Crippen LogP contribution is -2.57. The van der Waals surface area contributed by atoms with Crippen molar-refractivity contribution in [2.75, 3.05) is 32.7 Å². The average molecular weight is 401 g/mol. The molecule has 7 nitrogen and oxygen atoms in total. The average Bonchev–Trinajstić information content (AvgIpc) is 3.55. The molecule has 1 aromatic rings. The van der Waals surface area contributed by atoms with Gasteiger partial charge in [0.05, 0.1) is 6.54 Å². The van der Waals surface area contributed by atoms with E-state index < -0.39 is 6.04 Å². The molecule has 158 valence electrons. The summed E-state index contributed by atoms with van der Waals surface area (Å²) in [5.74, 6) is -0.150. The Hall–Kier alpha value is -2.41. The highest BCUT2D eigenvalue weighted by Crippen LogP contribution is 2.18. The number of piperazine rings is 1. The number of carbonyl (C=O) groups is 3. The molecular formula is C22H32N4O3. The summed E-state index contributed by atoms with van der Waals surface area (Å²) < 4.78 is 0. The topological polar surface area (TPSA) is 81.8 Å². The second-order valence-electron chi connectivity index (χ2n) is 8.15. The maximum Gasteiger partial charge on any atom is 0.251 e. The van der Waals surface area contributed by atoms with Crippen LogP contribution < -0.4 is 10.6 Å². The molecule has 1 saturated heterocycles. The fourth-order valence-electron chi connectivity index (χ4n) is 3.52. The predicted molar refractivity (Wildman–Crippen MR) is 111 cm³/mol. The van der Waals surface area contributed by atoms with Crippen LogP contribution in [0.3, 0.4) is 0 Å². The van der Waals surface area contributed by atoms with E-state index in [-0.39, 0.29) is 23.6 Å². The Morgan fingerprint density at radius 1 is 1.07 bits per heavy atom. The third-order valence-electron chi connectivity index (χ3n) is 5.80. The maximum absolute atomic E-state index is 13.2. The first-order valence-corrected chi connectivity index (χ1v) is 10.6. The van der Waals surface area contributed by atoms with Gasteiger partial charge >= 0.3 is 0 Å². The van der Waals surface area contributed by atoms with Gasteiger partial charge in [-0.25, -0.2) is 0 Å². The van der Waals surface area contributed by atoms with Crippen LogP contribution in [0.4, 0.5) is 0 Å². The molecule has 2 fully saturated rings. The molecule has 0 aromatic heterocycles. The van der Waals surface area contributed by atoms with E-state index in [1.807, 2.05) is 36.9 Å². The molecule has 1 aliphatic heterocycles. The van der Waals surface area contributed by atoms with Gasteiger partial charge in [-0.2, -0.15) is 0 Å². The van der Waals surface area contributed by atoms with Crippen LogP contribution in [0.25, 0.3) is 0 Å². The smallest absolute Gasteiger partial charge is 0.251 e. The lowest BCUT2D eigenvalue weighted by Gasteiger charge is -2.37. The van der Waals surface area contributed by atoms with Gasteiger partial charge in [0.2, 0.25) is 11.8 Å². The Kier molecular flexibility index (Phi) is 7.25. The third-order valence-corrected chi connectivity index (χ3v) is 5.80. The summed E-state index contributed by atoms with van der Waals surface area (Å²) in [6.07, 6.45) is 2.96. The molecular weight excluding hydrogens is 368 g/mol. The highest BCUT2D eigenvalue weighted by atomic mass is 16.2. The zero-order valence-corrected chi connectivity index (χ0v) is 17.4. The van der Waals surface area contributed by atoms with Gasteiger partial charge < -0.3 is 15.5 Å². The minimum atomic E-state index is -0.544. The summed E-state index contributed by atoms with van der Waals surface area (Å²) in [5, 5.41) is 5.95. The van der Waals surface area contributed by atoms with Crippen molar-refractivity contribution in [3.63, 3.8) is 0 Å². The molecule has 1 saturated carbocycles. The van der Waals surface area contributed by atoms with Gasteiger partial charge in [0.1, 0.15) is 6.04 Å². The minimum Gasteiger partial charge on any atom is -0.352 e. The lowest BCUT2D eigenvalue weighted by molar-refractivity contribution is -0.136. The van der Waals surface area contributed by atoms with Crippen LogP contribution >= 0.6 is 0 Å². The maximum atomic E-state index is 13.2. The van der Waals surface area contributed by atoms with E-state index in [1.165, 1.54) is 0 Å². The normalized spacial score (nSPS) is 19.3. The summed E-state index contributed by atoms with van der Waals surface area (Å²) in [7, 11) is 0. The molecule has 0 spiro atoms. The van der Waals surface area contributed by atoms with E-state index in [0.717, 1.165) is 19.3 Å². The Labute approximate surface area is 172 Å². The van der Waals surface area contributed by atoms with Gasteiger partial charge in [0.25, 0.3) is 5.91 Å². The van der Waals surface area contributed by atoms with Crippen LogP contribution in [0, 0.1) is 5.92 Å². The molecule has 7 heteroatoms. The fraction of sp³-hybridized carbons (Fsp3) is 0.591. The van der Waals surface area contributed by atoms with Crippen molar-refractivity contribution < 1.29 is 14.4 Å². The van der Waals surface area contributed by atoms with Gasteiger partial charge in [-0.3, -0.25) is 19.3 Å². The number of benzene rings is 1. The number of rotatable bonds is 8. The molecule has 1 aliphatic carbocycles. The van der Waals surface area contributed by atoms with E-state index >= 15 is 0 Å². The molecule has 1 aromatic carbocycles. The van der Waals surface area contributed by atoms with Crippen LogP contribution in [0.5, 0.6) is 0 Å². The van der Waals surface area contributed by atoms with E-state index in [4.69, 9.17) is 0 Å². The molecule has 2 atom stereocenters. The number of amides is 3. The lowest BCUT2D eigenvalue weighted by atomic mass is 9.97. The van der Waals surface area contributed by atoms with Crippen LogP contribution in [-0.2, 0) is 9.59 Å². The molecule has 3 rings (SSSR count). The third kappa shape index (κ3) is 6.03. The van der Waals surface area contributed by atoms with Crippen LogP contribution in [0.15, 0.2) is 30.3 Å². The van der Waals surface area contributed by atoms with E-state index in [0.29, 0.717) is 44.3 Å². The predicted octanol–water partition coefficient (Wildman–Crippen LogP) is 1.25. The molecule has 1 heterocycles. The molecule has 29 heavy (non-hydrogen) atoms. The number of nitrogens with one attached hydrogen (secondary N) is 2. The first-order chi connectivity index (χ1) is 14.0. The zero-order chi connectivity index (χ0) is 20.8. The second-order valence-corrected chi connectivity index (χ2v) is 8.15. The Morgan fingerprint density at radius 2 is 1.72 bits per heavy atom.